The second-order valence-electron chi connectivity index (χ2n) is 4.03. The van der Waals surface area contributed by atoms with Crippen LogP contribution >= 0.6 is 15.9 Å². The molecule has 0 amide bonds. The van der Waals surface area contributed by atoms with Crippen LogP contribution in [0.1, 0.15) is 34.0 Å². The maximum atomic E-state index is 11.4. The molecular weight excluding hydrogens is 268 g/mol. The summed E-state index contributed by atoms with van der Waals surface area (Å²) in [6.07, 6.45) is 0. The van der Waals surface area contributed by atoms with Crippen LogP contribution in [0, 0.1) is 20.8 Å². The summed E-state index contributed by atoms with van der Waals surface area (Å²) in [5, 5.41) is 0. The first kappa shape index (κ1) is 13.2. The molecule has 1 unspecified atom stereocenters. The lowest BCUT2D eigenvalue weighted by Crippen LogP contribution is -2.07. The molecule has 0 N–H and O–H groups in total. The standard InChI is InChI=1S/C13H17BrO2/c1-7-6-11(16-5)8(2)9(3)12(7)13(14)10(4)15/h6,13H,1-5H3. The van der Waals surface area contributed by atoms with Crippen LogP contribution in [0.25, 0.3) is 0 Å². The number of alkyl halides is 1. The van der Waals surface area contributed by atoms with Gasteiger partial charge in [-0.3, -0.25) is 4.79 Å². The van der Waals surface area contributed by atoms with Crippen LogP contribution in [0.15, 0.2) is 6.07 Å². The van der Waals surface area contributed by atoms with Gasteiger partial charge in [-0.05, 0) is 56.0 Å². The number of carbonyl (C=O) groups is 1. The van der Waals surface area contributed by atoms with E-state index in [1.54, 1.807) is 14.0 Å². The molecule has 1 aromatic carbocycles. The summed E-state index contributed by atoms with van der Waals surface area (Å²) in [5.74, 6) is 0.998. The largest absolute Gasteiger partial charge is 0.496 e. The number of carbonyl (C=O) groups excluding carboxylic acids is 1. The van der Waals surface area contributed by atoms with Gasteiger partial charge in [0.25, 0.3) is 0 Å². The summed E-state index contributed by atoms with van der Waals surface area (Å²) < 4.78 is 5.30. The normalized spacial score (nSPS) is 12.4. The van der Waals surface area contributed by atoms with Gasteiger partial charge in [-0.1, -0.05) is 15.9 Å². The van der Waals surface area contributed by atoms with Crippen molar-refractivity contribution in [3.63, 3.8) is 0 Å². The topological polar surface area (TPSA) is 26.3 Å². The maximum Gasteiger partial charge on any atom is 0.147 e. The molecule has 0 saturated carbocycles. The maximum absolute atomic E-state index is 11.4. The summed E-state index contributed by atoms with van der Waals surface area (Å²) in [7, 11) is 1.66. The molecule has 0 aromatic heterocycles. The number of aryl methyl sites for hydroxylation is 1. The van der Waals surface area contributed by atoms with Crippen molar-refractivity contribution in [1.82, 2.24) is 0 Å². The third kappa shape index (κ3) is 2.29. The van der Waals surface area contributed by atoms with E-state index in [1.165, 1.54) is 0 Å². The van der Waals surface area contributed by atoms with Gasteiger partial charge in [0.1, 0.15) is 11.5 Å². The van der Waals surface area contributed by atoms with Gasteiger partial charge in [-0.15, -0.1) is 0 Å². The van der Waals surface area contributed by atoms with Gasteiger partial charge in [-0.2, -0.15) is 0 Å². The van der Waals surface area contributed by atoms with Crippen molar-refractivity contribution in [3.05, 3.63) is 28.3 Å². The average molecular weight is 285 g/mol. The van der Waals surface area contributed by atoms with Gasteiger partial charge in [0, 0.05) is 0 Å². The van der Waals surface area contributed by atoms with E-state index in [0.29, 0.717) is 0 Å². The number of rotatable bonds is 3. The zero-order valence-electron chi connectivity index (χ0n) is 10.3. The van der Waals surface area contributed by atoms with Crippen LogP contribution in [0.4, 0.5) is 0 Å². The highest BCUT2D eigenvalue weighted by molar-refractivity contribution is 9.09. The average Bonchev–Trinajstić information content (AvgIpc) is 2.23. The Balaban J connectivity index is 3.41. The van der Waals surface area contributed by atoms with Crippen molar-refractivity contribution >= 4 is 21.7 Å². The van der Waals surface area contributed by atoms with Crippen LogP contribution in [0.3, 0.4) is 0 Å². The second-order valence-corrected chi connectivity index (χ2v) is 4.95. The fourth-order valence-electron chi connectivity index (χ4n) is 1.87. The molecule has 88 valence electrons. The molecular formula is C13H17BrO2. The smallest absolute Gasteiger partial charge is 0.147 e. The van der Waals surface area contributed by atoms with Crippen LogP contribution in [0.2, 0.25) is 0 Å². The number of ether oxygens (including phenoxy) is 1. The number of hydrogen-bond acceptors (Lipinski definition) is 2. The molecule has 1 atom stereocenters. The quantitative estimate of drug-likeness (QED) is 0.792. The zero-order chi connectivity index (χ0) is 12.5. The molecule has 0 fully saturated rings. The molecule has 1 aromatic rings. The predicted molar refractivity (Wildman–Crippen MR) is 69.6 cm³/mol. The van der Waals surface area contributed by atoms with E-state index >= 15 is 0 Å². The fraction of sp³-hybridized carbons (Fsp3) is 0.462. The third-order valence-corrected chi connectivity index (χ3v) is 4.04. The Labute approximate surface area is 105 Å². The van der Waals surface area contributed by atoms with Crippen molar-refractivity contribution in [2.24, 2.45) is 0 Å². The van der Waals surface area contributed by atoms with Gasteiger partial charge >= 0.3 is 0 Å². The fourth-order valence-corrected chi connectivity index (χ4v) is 2.57. The Morgan fingerprint density at radius 1 is 1.31 bits per heavy atom. The Bertz CT molecular complexity index is 424. The highest BCUT2D eigenvalue weighted by atomic mass is 79.9. The molecule has 1 rings (SSSR count). The number of ketones is 1. The predicted octanol–water partition coefficient (Wildman–Crippen LogP) is 3.65. The lowest BCUT2D eigenvalue weighted by Gasteiger charge is -2.18. The van der Waals surface area contributed by atoms with Gasteiger partial charge in [0.05, 0.1) is 11.9 Å². The number of benzene rings is 1. The van der Waals surface area contributed by atoms with E-state index in [2.05, 4.69) is 15.9 Å². The molecule has 0 spiro atoms. The monoisotopic (exact) mass is 284 g/mol. The van der Waals surface area contributed by atoms with E-state index in [9.17, 15) is 4.79 Å². The second kappa shape index (κ2) is 5.00. The lowest BCUT2D eigenvalue weighted by atomic mass is 9.94. The molecule has 2 nitrogen and oxygen atoms in total. The lowest BCUT2D eigenvalue weighted by molar-refractivity contribution is -0.116. The molecule has 0 bridgehead atoms. The summed E-state index contributed by atoms with van der Waals surface area (Å²) >= 11 is 3.44. The molecule has 3 heteroatoms. The molecule has 0 aliphatic heterocycles. The first-order valence-electron chi connectivity index (χ1n) is 5.19. The zero-order valence-corrected chi connectivity index (χ0v) is 11.9. The molecule has 0 heterocycles. The molecule has 0 aliphatic carbocycles. The van der Waals surface area contributed by atoms with Crippen molar-refractivity contribution in [3.8, 4) is 5.75 Å². The highest BCUT2D eigenvalue weighted by Crippen LogP contribution is 2.35. The number of hydrogen-bond donors (Lipinski definition) is 0. The van der Waals surface area contributed by atoms with Gasteiger partial charge < -0.3 is 4.74 Å². The minimum atomic E-state index is -0.225. The van der Waals surface area contributed by atoms with E-state index in [1.807, 2.05) is 26.8 Å². The van der Waals surface area contributed by atoms with Crippen molar-refractivity contribution in [2.75, 3.05) is 7.11 Å². The first-order chi connectivity index (χ1) is 7.40. The number of methoxy groups -OCH3 is 1. The Morgan fingerprint density at radius 3 is 2.31 bits per heavy atom. The third-order valence-electron chi connectivity index (χ3n) is 2.94. The van der Waals surface area contributed by atoms with Crippen LogP contribution in [-0.4, -0.2) is 12.9 Å². The van der Waals surface area contributed by atoms with Crippen LogP contribution in [-0.2, 0) is 4.79 Å². The highest BCUT2D eigenvalue weighted by Gasteiger charge is 2.20. The van der Waals surface area contributed by atoms with Crippen molar-refractivity contribution in [1.29, 1.82) is 0 Å². The van der Waals surface area contributed by atoms with Gasteiger partial charge in [-0.25, -0.2) is 0 Å². The van der Waals surface area contributed by atoms with E-state index < -0.39 is 0 Å². The Morgan fingerprint density at radius 2 is 1.88 bits per heavy atom. The van der Waals surface area contributed by atoms with Crippen LogP contribution in [0.5, 0.6) is 5.75 Å². The minimum Gasteiger partial charge on any atom is -0.496 e. The summed E-state index contributed by atoms with van der Waals surface area (Å²) in [6, 6.07) is 1.98. The van der Waals surface area contributed by atoms with Crippen molar-refractivity contribution in [2.45, 2.75) is 32.5 Å². The van der Waals surface area contributed by atoms with E-state index in [-0.39, 0.29) is 10.6 Å². The summed E-state index contributed by atoms with van der Waals surface area (Å²) in [5.41, 5.74) is 4.35. The van der Waals surface area contributed by atoms with Crippen LogP contribution < -0.4 is 4.74 Å². The first-order valence-corrected chi connectivity index (χ1v) is 6.11. The van der Waals surface area contributed by atoms with E-state index in [0.717, 1.165) is 28.0 Å². The van der Waals surface area contributed by atoms with Gasteiger partial charge in [0.15, 0.2) is 0 Å². The van der Waals surface area contributed by atoms with E-state index in [4.69, 9.17) is 4.74 Å². The number of halogens is 1. The summed E-state index contributed by atoms with van der Waals surface area (Å²) in [6.45, 7) is 7.63. The molecule has 0 saturated heterocycles. The Kier molecular flexibility index (Phi) is 4.14. The Hall–Kier alpha value is -0.830. The van der Waals surface area contributed by atoms with Crippen molar-refractivity contribution < 1.29 is 9.53 Å². The minimum absolute atomic E-state index is 0.121. The molecule has 0 radical (unpaired) electrons. The molecule has 16 heavy (non-hydrogen) atoms. The number of Topliss-reactive ketones (excluding diaryl/α,β-unsaturated/α-hetero) is 1. The van der Waals surface area contributed by atoms with Gasteiger partial charge in [0.2, 0.25) is 0 Å². The molecule has 0 aliphatic rings. The summed E-state index contributed by atoms with van der Waals surface area (Å²) in [4.78, 5) is 11.2. The SMILES string of the molecule is COc1cc(C)c(C(Br)C(C)=O)c(C)c1C.